The van der Waals surface area contributed by atoms with E-state index < -0.39 is 5.41 Å². The Morgan fingerprint density at radius 3 is 2.60 bits per heavy atom. The van der Waals surface area contributed by atoms with Crippen molar-refractivity contribution in [3.63, 3.8) is 0 Å². The number of benzene rings is 1. The zero-order valence-corrected chi connectivity index (χ0v) is 11.9. The maximum atomic E-state index is 12.3. The summed E-state index contributed by atoms with van der Waals surface area (Å²) in [6.07, 6.45) is 2.13. The second-order valence-corrected chi connectivity index (χ2v) is 5.23. The topological polar surface area (TPSA) is 43.4 Å². The smallest absolute Gasteiger partial charge is 0.319 e. The quantitative estimate of drug-likeness (QED) is 0.609. The first-order chi connectivity index (χ1) is 9.60. The van der Waals surface area contributed by atoms with Gasteiger partial charge in [-0.05, 0) is 37.3 Å². The molecule has 1 saturated carbocycles. The maximum absolute atomic E-state index is 12.3. The molecule has 0 radical (unpaired) electrons. The maximum Gasteiger partial charge on any atom is 0.319 e. The number of rotatable bonds is 5. The molecule has 2 rings (SSSR count). The molecule has 0 aliphatic heterocycles. The molecule has 1 aromatic rings. The summed E-state index contributed by atoms with van der Waals surface area (Å²) in [6, 6.07) is 9.67. The highest BCUT2D eigenvalue weighted by atomic mass is 16.5. The molecule has 106 valence electrons. The van der Waals surface area contributed by atoms with E-state index in [9.17, 15) is 9.59 Å². The van der Waals surface area contributed by atoms with Gasteiger partial charge in [-0.1, -0.05) is 36.9 Å². The van der Waals surface area contributed by atoms with Gasteiger partial charge in [0.05, 0.1) is 6.61 Å². The average Bonchev–Trinajstić information content (AvgIpc) is 2.82. The van der Waals surface area contributed by atoms with Crippen molar-refractivity contribution < 1.29 is 14.3 Å². The van der Waals surface area contributed by atoms with Crippen LogP contribution in [-0.4, -0.2) is 18.4 Å². The molecule has 0 amide bonds. The molecule has 0 N–H and O–H groups in total. The van der Waals surface area contributed by atoms with Crippen LogP contribution in [0.1, 0.15) is 38.2 Å². The molecule has 0 heterocycles. The summed E-state index contributed by atoms with van der Waals surface area (Å²) in [5.41, 5.74) is 0.771. The van der Waals surface area contributed by atoms with E-state index in [1.54, 1.807) is 6.92 Å². The van der Waals surface area contributed by atoms with Gasteiger partial charge < -0.3 is 4.74 Å². The van der Waals surface area contributed by atoms with Crippen LogP contribution in [0.25, 0.3) is 5.57 Å². The van der Waals surface area contributed by atoms with Crippen LogP contribution in [-0.2, 0) is 14.3 Å². The summed E-state index contributed by atoms with van der Waals surface area (Å²) in [5, 5.41) is 0. The summed E-state index contributed by atoms with van der Waals surface area (Å²) in [5.74, 6) is -0.396. The lowest BCUT2D eigenvalue weighted by atomic mass is 9.78. The number of hydrogen-bond donors (Lipinski definition) is 0. The third-order valence-corrected chi connectivity index (χ3v) is 3.90. The van der Waals surface area contributed by atoms with Crippen molar-refractivity contribution in [3.8, 4) is 0 Å². The minimum absolute atomic E-state index is 0.00645. The predicted molar refractivity (Wildman–Crippen MR) is 78.0 cm³/mol. The van der Waals surface area contributed by atoms with E-state index in [4.69, 9.17) is 4.74 Å². The van der Waals surface area contributed by atoms with E-state index >= 15 is 0 Å². The number of hydrogen-bond acceptors (Lipinski definition) is 3. The molecule has 0 saturated heterocycles. The first-order valence-corrected chi connectivity index (χ1v) is 7.04. The third kappa shape index (κ3) is 2.67. The summed E-state index contributed by atoms with van der Waals surface area (Å²) < 4.78 is 5.14. The van der Waals surface area contributed by atoms with Gasteiger partial charge in [0.25, 0.3) is 0 Å². The van der Waals surface area contributed by atoms with Crippen LogP contribution in [0.3, 0.4) is 0 Å². The number of carbonyl (C=O) groups is 2. The van der Waals surface area contributed by atoms with Gasteiger partial charge in [-0.2, -0.15) is 0 Å². The fourth-order valence-electron chi connectivity index (χ4n) is 2.81. The lowest BCUT2D eigenvalue weighted by Gasteiger charge is -2.26. The first-order valence-electron chi connectivity index (χ1n) is 7.04. The normalized spacial score (nSPS) is 21.8. The van der Waals surface area contributed by atoms with Gasteiger partial charge >= 0.3 is 5.97 Å². The minimum Gasteiger partial charge on any atom is -0.465 e. The number of Topliss-reactive ketones (excluding diaryl/α,β-unsaturated/α-hetero) is 1. The largest absolute Gasteiger partial charge is 0.465 e. The molecular weight excluding hydrogens is 252 g/mol. The number of esters is 1. The van der Waals surface area contributed by atoms with Gasteiger partial charge in [0.1, 0.15) is 5.41 Å². The second-order valence-electron chi connectivity index (χ2n) is 5.23. The van der Waals surface area contributed by atoms with Gasteiger partial charge in [-0.25, -0.2) is 0 Å². The Kier molecular flexibility index (Phi) is 4.38. The molecule has 1 aromatic carbocycles. The summed E-state index contributed by atoms with van der Waals surface area (Å²) in [7, 11) is 0. The van der Waals surface area contributed by atoms with E-state index in [2.05, 4.69) is 6.58 Å². The van der Waals surface area contributed by atoms with Crippen molar-refractivity contribution in [3.05, 3.63) is 42.5 Å². The Balaban J connectivity index is 2.23. The van der Waals surface area contributed by atoms with E-state index in [0.717, 1.165) is 17.6 Å². The summed E-state index contributed by atoms with van der Waals surface area (Å²) >= 11 is 0. The number of allylic oxidation sites excluding steroid dienone is 1. The molecule has 1 fully saturated rings. The van der Waals surface area contributed by atoms with Gasteiger partial charge in [0.15, 0.2) is 5.78 Å². The fraction of sp³-hybridized carbons (Fsp3) is 0.412. The van der Waals surface area contributed by atoms with Crippen molar-refractivity contribution in [1.29, 1.82) is 0 Å². The second kappa shape index (κ2) is 6.04. The molecule has 0 aromatic heterocycles. The molecular formula is C17H20O3. The molecule has 0 unspecified atom stereocenters. The Morgan fingerprint density at radius 1 is 1.35 bits per heavy atom. The highest BCUT2D eigenvalue weighted by Crippen LogP contribution is 2.43. The zero-order valence-electron chi connectivity index (χ0n) is 11.9. The molecule has 20 heavy (non-hydrogen) atoms. The van der Waals surface area contributed by atoms with Crippen LogP contribution < -0.4 is 0 Å². The van der Waals surface area contributed by atoms with Crippen molar-refractivity contribution >= 4 is 17.3 Å². The lowest BCUT2D eigenvalue weighted by molar-refractivity contribution is -0.158. The number of carbonyl (C=O) groups excluding carboxylic acids is 2. The van der Waals surface area contributed by atoms with Crippen molar-refractivity contribution in [1.82, 2.24) is 0 Å². The lowest BCUT2D eigenvalue weighted by Crippen LogP contribution is -2.37. The van der Waals surface area contributed by atoms with E-state index in [-0.39, 0.29) is 11.8 Å². The molecule has 1 aliphatic rings. The zero-order chi connectivity index (χ0) is 14.6. The van der Waals surface area contributed by atoms with Crippen LogP contribution >= 0.6 is 0 Å². The molecule has 1 atom stereocenters. The van der Waals surface area contributed by atoms with Gasteiger partial charge in [0.2, 0.25) is 0 Å². The Labute approximate surface area is 119 Å². The molecule has 3 nitrogen and oxygen atoms in total. The minimum atomic E-state index is -1.01. The Morgan fingerprint density at radius 2 is 2.05 bits per heavy atom. The van der Waals surface area contributed by atoms with E-state index in [1.807, 2.05) is 30.3 Å². The molecule has 1 aliphatic carbocycles. The van der Waals surface area contributed by atoms with E-state index in [0.29, 0.717) is 25.9 Å². The number of ether oxygens (including phenoxy) is 1. The first kappa shape index (κ1) is 14.5. The standard InChI is InChI=1S/C17H20O3/c1-3-20-16(19)17(11-7-10-15(17)18)12-13(2)14-8-5-4-6-9-14/h4-6,8-9H,2-3,7,10-12H2,1H3/t17-/m1/s1. The Bertz CT molecular complexity index is 518. The Hall–Kier alpha value is -1.90. The summed E-state index contributed by atoms with van der Waals surface area (Å²) in [4.78, 5) is 24.5. The van der Waals surface area contributed by atoms with Crippen LogP contribution in [0, 0.1) is 5.41 Å². The SMILES string of the molecule is C=C(C[C@]1(C(=O)OCC)CCCC1=O)c1ccccc1. The van der Waals surface area contributed by atoms with Crippen LogP contribution in [0.5, 0.6) is 0 Å². The highest BCUT2D eigenvalue weighted by molar-refractivity contribution is 6.06. The van der Waals surface area contributed by atoms with E-state index in [1.165, 1.54) is 0 Å². The van der Waals surface area contributed by atoms with Crippen LogP contribution in [0.4, 0.5) is 0 Å². The summed E-state index contributed by atoms with van der Waals surface area (Å²) in [6.45, 7) is 6.11. The highest BCUT2D eigenvalue weighted by Gasteiger charge is 2.49. The molecule has 0 bridgehead atoms. The van der Waals surface area contributed by atoms with Crippen LogP contribution in [0.15, 0.2) is 36.9 Å². The predicted octanol–water partition coefficient (Wildman–Crippen LogP) is 3.39. The van der Waals surface area contributed by atoms with Gasteiger partial charge in [-0.15, -0.1) is 0 Å². The molecule has 0 spiro atoms. The number of ketones is 1. The van der Waals surface area contributed by atoms with Crippen molar-refractivity contribution in [2.24, 2.45) is 5.41 Å². The third-order valence-electron chi connectivity index (χ3n) is 3.90. The van der Waals surface area contributed by atoms with Crippen molar-refractivity contribution in [2.75, 3.05) is 6.61 Å². The van der Waals surface area contributed by atoms with Crippen molar-refractivity contribution in [2.45, 2.75) is 32.6 Å². The van der Waals surface area contributed by atoms with Crippen LogP contribution in [0.2, 0.25) is 0 Å². The molecule has 3 heteroatoms. The van der Waals surface area contributed by atoms with Gasteiger partial charge in [0, 0.05) is 6.42 Å². The monoisotopic (exact) mass is 272 g/mol. The fourth-order valence-corrected chi connectivity index (χ4v) is 2.81. The average molecular weight is 272 g/mol. The van der Waals surface area contributed by atoms with Gasteiger partial charge in [-0.3, -0.25) is 9.59 Å².